The topological polar surface area (TPSA) is 161 Å². The molecule has 21 heavy (non-hydrogen) atoms. The first-order valence-corrected chi connectivity index (χ1v) is 4.55. The summed E-state index contributed by atoms with van der Waals surface area (Å²) in [6, 6.07) is 0. The summed E-state index contributed by atoms with van der Waals surface area (Å²) in [5, 5.41) is 43.0. The summed E-state index contributed by atoms with van der Waals surface area (Å²) in [5.41, 5.74) is -5.28. The molecular weight excluding hydrogens is 328 g/mol. The van der Waals surface area contributed by atoms with Crippen molar-refractivity contribution in [2.24, 2.45) is 10.8 Å². The van der Waals surface area contributed by atoms with E-state index in [9.17, 15) is 39.6 Å². The van der Waals surface area contributed by atoms with Crippen molar-refractivity contribution in [3.63, 3.8) is 0 Å². The van der Waals surface area contributed by atoms with Gasteiger partial charge < -0.3 is 39.6 Å². The molecule has 0 aromatic rings. The molecule has 1 rings (SSSR count). The number of carboxylic acid groups (broad SMARTS) is 4. The molecule has 0 saturated heterocycles. The fourth-order valence-electron chi connectivity index (χ4n) is 1.98. The van der Waals surface area contributed by atoms with Crippen LogP contribution in [-0.4, -0.2) is 23.9 Å². The van der Waals surface area contributed by atoms with Crippen molar-refractivity contribution in [2.45, 2.75) is 19.3 Å². The first-order valence-electron chi connectivity index (χ1n) is 4.55. The van der Waals surface area contributed by atoms with Gasteiger partial charge in [-0.2, -0.15) is 0 Å². The van der Waals surface area contributed by atoms with E-state index in [0.29, 0.717) is 0 Å². The van der Waals surface area contributed by atoms with Crippen molar-refractivity contribution in [3.05, 3.63) is 0 Å². The third-order valence-corrected chi connectivity index (χ3v) is 3.15. The smallest absolute Gasteiger partial charge is 0.549 e. The van der Waals surface area contributed by atoms with Crippen molar-refractivity contribution >= 4 is 23.9 Å². The Kier molecular flexibility index (Phi) is 16.7. The molecule has 1 fully saturated rings. The minimum atomic E-state index is -2.64. The monoisotopic (exact) mass is 334 g/mol. The van der Waals surface area contributed by atoms with Crippen LogP contribution in [0.4, 0.5) is 0 Å². The molecule has 0 heterocycles. The van der Waals surface area contributed by atoms with E-state index in [0.717, 1.165) is 0 Å². The minimum Gasteiger partial charge on any atom is -0.549 e. The number of hydrogen-bond acceptors (Lipinski definition) is 8. The van der Waals surface area contributed by atoms with E-state index >= 15 is 0 Å². The molecule has 0 amide bonds. The van der Waals surface area contributed by atoms with Gasteiger partial charge in [0.25, 0.3) is 0 Å². The standard InChI is InChI=1S/C9H10O8.4Na/c10-4(11)8(5(12)13)1-2-9(3-8,6(14)15)7(16)17;;;;/h1-3H2,(H,10,11)(H,12,13)(H,14,15)(H,16,17);;;;/q;4*+1/p-4. The van der Waals surface area contributed by atoms with Gasteiger partial charge in [-0.25, -0.2) is 0 Å². The normalized spacial score (nSPS) is 16.8. The molecule has 0 aromatic carbocycles. The molecule has 1 aliphatic rings. The van der Waals surface area contributed by atoms with Crippen LogP contribution in [0.1, 0.15) is 19.3 Å². The van der Waals surface area contributed by atoms with Gasteiger partial charge in [-0.1, -0.05) is 0 Å². The van der Waals surface area contributed by atoms with Gasteiger partial charge >= 0.3 is 118 Å². The Hall–Kier alpha value is 1.88. The van der Waals surface area contributed by atoms with Crippen molar-refractivity contribution in [2.75, 3.05) is 0 Å². The predicted molar refractivity (Wildman–Crippen MR) is 38.7 cm³/mol. The van der Waals surface area contributed by atoms with E-state index < -0.39 is 54.0 Å². The predicted octanol–water partition coefficient (Wildman–Crippen LogP) is -17.8. The molecule has 0 spiro atoms. The zero-order chi connectivity index (χ0) is 13.4. The zero-order valence-electron chi connectivity index (χ0n) is 12.4. The Balaban J connectivity index is -0.000000361. The van der Waals surface area contributed by atoms with E-state index in [1.807, 2.05) is 0 Å². The van der Waals surface area contributed by atoms with Crippen molar-refractivity contribution in [1.29, 1.82) is 0 Å². The molecule has 1 saturated carbocycles. The third-order valence-electron chi connectivity index (χ3n) is 3.15. The van der Waals surface area contributed by atoms with Crippen LogP contribution in [0.15, 0.2) is 0 Å². The number of carbonyl (C=O) groups excluding carboxylic acids is 4. The summed E-state index contributed by atoms with van der Waals surface area (Å²) in [6.45, 7) is 0. The van der Waals surface area contributed by atoms with Gasteiger partial charge in [0.1, 0.15) is 0 Å². The molecule has 0 aromatic heterocycles. The van der Waals surface area contributed by atoms with E-state index in [1.54, 1.807) is 0 Å². The van der Waals surface area contributed by atoms with Gasteiger partial charge in [0, 0.05) is 0 Å². The van der Waals surface area contributed by atoms with Crippen LogP contribution in [0.5, 0.6) is 0 Å². The van der Waals surface area contributed by atoms with E-state index in [1.165, 1.54) is 0 Å². The molecule has 0 atom stereocenters. The van der Waals surface area contributed by atoms with Crippen LogP contribution in [0.3, 0.4) is 0 Å². The number of rotatable bonds is 4. The maximum Gasteiger partial charge on any atom is 1.00 e. The third kappa shape index (κ3) is 5.72. The number of carbonyl (C=O) groups is 4. The van der Waals surface area contributed by atoms with Crippen LogP contribution in [0.2, 0.25) is 0 Å². The number of carboxylic acids is 4. The second-order valence-electron chi connectivity index (χ2n) is 3.99. The minimum absolute atomic E-state index is 0. The molecule has 12 heteroatoms. The summed E-state index contributed by atoms with van der Waals surface area (Å²) in [4.78, 5) is 43.0. The van der Waals surface area contributed by atoms with Gasteiger partial charge in [0.05, 0.1) is 34.7 Å². The van der Waals surface area contributed by atoms with Crippen molar-refractivity contribution in [3.8, 4) is 0 Å². The van der Waals surface area contributed by atoms with E-state index in [2.05, 4.69) is 0 Å². The van der Waals surface area contributed by atoms with Gasteiger partial charge in [-0.3, -0.25) is 0 Å². The molecule has 0 aliphatic heterocycles. The summed E-state index contributed by atoms with van der Waals surface area (Å²) < 4.78 is 0. The Morgan fingerprint density at radius 2 is 0.762 bits per heavy atom. The van der Waals surface area contributed by atoms with Crippen LogP contribution >= 0.6 is 0 Å². The van der Waals surface area contributed by atoms with Gasteiger partial charge in [0.2, 0.25) is 0 Å². The second-order valence-corrected chi connectivity index (χ2v) is 3.99. The summed E-state index contributed by atoms with van der Waals surface area (Å²) >= 11 is 0. The van der Waals surface area contributed by atoms with Crippen LogP contribution < -0.4 is 139 Å². The van der Waals surface area contributed by atoms with Crippen LogP contribution in [0, 0.1) is 10.8 Å². The number of aliphatic carboxylic acids is 4. The Labute approximate surface area is 208 Å². The van der Waals surface area contributed by atoms with Gasteiger partial charge in [-0.05, 0) is 19.3 Å². The fraction of sp³-hybridized carbons (Fsp3) is 0.556. The fourth-order valence-corrected chi connectivity index (χ4v) is 1.98. The van der Waals surface area contributed by atoms with E-state index in [4.69, 9.17) is 0 Å². The molecular formula is C9H6Na4O8. The molecule has 0 radical (unpaired) electrons. The van der Waals surface area contributed by atoms with Crippen molar-refractivity contribution in [1.82, 2.24) is 0 Å². The molecule has 8 nitrogen and oxygen atoms in total. The largest absolute Gasteiger partial charge is 1.00 e. The molecule has 0 bridgehead atoms. The average Bonchev–Trinajstić information content (AvgIpc) is 2.59. The summed E-state index contributed by atoms with van der Waals surface area (Å²) in [6.07, 6.45) is -2.64. The Bertz CT molecular complexity index is 358. The molecule has 94 valence electrons. The summed E-state index contributed by atoms with van der Waals surface area (Å²) in [7, 11) is 0. The SMILES string of the molecule is O=C([O-])C1(C(=O)[O-])CCC(C(=O)[O-])(C(=O)[O-])C1.[Na+].[Na+].[Na+].[Na+]. The average molecular weight is 334 g/mol. The first-order chi connectivity index (χ1) is 7.69. The van der Waals surface area contributed by atoms with E-state index in [-0.39, 0.29) is 118 Å². The quantitative estimate of drug-likeness (QED) is 0.362. The Morgan fingerprint density at radius 1 is 0.571 bits per heavy atom. The number of hydrogen-bond donors (Lipinski definition) is 0. The van der Waals surface area contributed by atoms with Crippen LogP contribution in [-0.2, 0) is 19.2 Å². The van der Waals surface area contributed by atoms with Gasteiger partial charge in [0.15, 0.2) is 0 Å². The first kappa shape index (κ1) is 30.7. The van der Waals surface area contributed by atoms with Gasteiger partial charge in [-0.15, -0.1) is 0 Å². The Morgan fingerprint density at radius 3 is 0.857 bits per heavy atom. The molecule has 0 N–H and O–H groups in total. The van der Waals surface area contributed by atoms with Crippen LogP contribution in [0.25, 0.3) is 0 Å². The molecule has 0 unspecified atom stereocenters. The van der Waals surface area contributed by atoms with Crippen molar-refractivity contribution < 1.29 is 158 Å². The molecule has 1 aliphatic carbocycles. The maximum absolute atomic E-state index is 10.7. The maximum atomic E-state index is 10.7. The second kappa shape index (κ2) is 11.4. The summed E-state index contributed by atoms with van der Waals surface area (Å²) in [5.74, 6) is -8.33. The zero-order valence-corrected chi connectivity index (χ0v) is 20.4.